The number of aliphatic hydroxyl groups is 1. The molecule has 1 aromatic heterocycles. The standard InChI is InChI=1S/C7H12N2O3S/c1-13(11,12)9-4-2-3-7(9)6(8)5-10/h2-4,6,10H,5,8H2,1H3/t6-/m1/s1. The molecule has 1 heterocycles. The average Bonchev–Trinajstić information content (AvgIpc) is 2.49. The van der Waals surface area contributed by atoms with Gasteiger partial charge in [-0.15, -0.1) is 0 Å². The van der Waals surface area contributed by atoms with Gasteiger partial charge in [-0.2, -0.15) is 0 Å². The molecule has 0 bridgehead atoms. The largest absolute Gasteiger partial charge is 0.394 e. The minimum absolute atomic E-state index is 0.278. The first-order valence-electron chi connectivity index (χ1n) is 3.71. The van der Waals surface area contributed by atoms with E-state index >= 15 is 0 Å². The molecule has 0 aromatic carbocycles. The van der Waals surface area contributed by atoms with E-state index in [1.54, 1.807) is 12.1 Å². The Morgan fingerprint density at radius 2 is 2.31 bits per heavy atom. The Balaban J connectivity index is 3.18. The van der Waals surface area contributed by atoms with Crippen LogP contribution in [0.2, 0.25) is 0 Å². The van der Waals surface area contributed by atoms with E-state index in [1.165, 1.54) is 6.20 Å². The topological polar surface area (TPSA) is 85.3 Å². The van der Waals surface area contributed by atoms with Gasteiger partial charge in [-0.3, -0.25) is 0 Å². The van der Waals surface area contributed by atoms with Crippen LogP contribution >= 0.6 is 0 Å². The third-order valence-electron chi connectivity index (χ3n) is 1.68. The van der Waals surface area contributed by atoms with E-state index in [4.69, 9.17) is 10.8 Å². The molecular weight excluding hydrogens is 192 g/mol. The van der Waals surface area contributed by atoms with Crippen LogP contribution in [-0.2, 0) is 10.0 Å². The molecule has 3 N–H and O–H groups in total. The van der Waals surface area contributed by atoms with Crippen LogP contribution in [0.1, 0.15) is 11.7 Å². The van der Waals surface area contributed by atoms with E-state index < -0.39 is 16.1 Å². The lowest BCUT2D eigenvalue weighted by Crippen LogP contribution is -2.22. The highest BCUT2D eigenvalue weighted by Crippen LogP contribution is 2.12. The summed E-state index contributed by atoms with van der Waals surface area (Å²) in [6.07, 6.45) is 2.49. The van der Waals surface area contributed by atoms with Gasteiger partial charge < -0.3 is 10.8 Å². The number of nitrogens with zero attached hydrogens (tertiary/aromatic N) is 1. The van der Waals surface area contributed by atoms with Gasteiger partial charge in [-0.1, -0.05) is 0 Å². The third kappa shape index (κ3) is 2.09. The van der Waals surface area contributed by atoms with Gasteiger partial charge in [0.2, 0.25) is 10.0 Å². The highest BCUT2D eigenvalue weighted by Gasteiger charge is 2.14. The molecule has 1 rings (SSSR count). The molecule has 6 heteroatoms. The lowest BCUT2D eigenvalue weighted by Gasteiger charge is -2.11. The van der Waals surface area contributed by atoms with Crippen molar-refractivity contribution in [2.24, 2.45) is 5.73 Å². The van der Waals surface area contributed by atoms with E-state index in [1.807, 2.05) is 0 Å². The van der Waals surface area contributed by atoms with Crippen molar-refractivity contribution in [3.05, 3.63) is 24.0 Å². The predicted octanol–water partition coefficient (Wildman–Crippen LogP) is -0.712. The molecule has 0 fully saturated rings. The molecule has 0 aliphatic rings. The van der Waals surface area contributed by atoms with Crippen molar-refractivity contribution < 1.29 is 13.5 Å². The van der Waals surface area contributed by atoms with Gasteiger partial charge >= 0.3 is 0 Å². The Morgan fingerprint density at radius 3 is 2.77 bits per heavy atom. The number of rotatable bonds is 3. The fourth-order valence-electron chi connectivity index (χ4n) is 1.06. The summed E-state index contributed by atoms with van der Waals surface area (Å²) in [6.45, 7) is -0.278. The zero-order valence-corrected chi connectivity index (χ0v) is 8.03. The molecule has 1 aromatic rings. The van der Waals surface area contributed by atoms with Crippen molar-refractivity contribution in [3.63, 3.8) is 0 Å². The normalized spacial score (nSPS) is 14.4. The highest BCUT2D eigenvalue weighted by atomic mass is 32.2. The van der Waals surface area contributed by atoms with Crippen LogP contribution in [0, 0.1) is 0 Å². The molecule has 13 heavy (non-hydrogen) atoms. The number of aromatic nitrogens is 1. The Kier molecular flexibility index (Phi) is 2.74. The zero-order valence-electron chi connectivity index (χ0n) is 7.21. The summed E-state index contributed by atoms with van der Waals surface area (Å²) in [7, 11) is -3.32. The maximum Gasteiger partial charge on any atom is 0.235 e. The molecular formula is C7H12N2O3S. The van der Waals surface area contributed by atoms with Gasteiger partial charge in [0.25, 0.3) is 0 Å². The van der Waals surface area contributed by atoms with E-state index in [0.29, 0.717) is 5.69 Å². The van der Waals surface area contributed by atoms with Crippen LogP contribution in [0.4, 0.5) is 0 Å². The van der Waals surface area contributed by atoms with Crippen LogP contribution in [0.25, 0.3) is 0 Å². The third-order valence-corrected chi connectivity index (χ3v) is 2.72. The van der Waals surface area contributed by atoms with Gasteiger partial charge in [0.05, 0.1) is 24.6 Å². The van der Waals surface area contributed by atoms with Gasteiger partial charge in [0.1, 0.15) is 0 Å². The summed E-state index contributed by atoms with van der Waals surface area (Å²) < 4.78 is 23.4. The van der Waals surface area contributed by atoms with Gasteiger partial charge in [-0.05, 0) is 12.1 Å². The van der Waals surface area contributed by atoms with Gasteiger partial charge in [0, 0.05) is 6.20 Å². The van der Waals surface area contributed by atoms with E-state index in [0.717, 1.165) is 10.2 Å². The number of aliphatic hydroxyl groups excluding tert-OH is 1. The van der Waals surface area contributed by atoms with Crippen molar-refractivity contribution >= 4 is 10.0 Å². The molecule has 0 radical (unpaired) electrons. The lowest BCUT2D eigenvalue weighted by atomic mass is 10.2. The summed E-state index contributed by atoms with van der Waals surface area (Å²) in [4.78, 5) is 0. The minimum atomic E-state index is -3.32. The Bertz CT molecular complexity index is 382. The SMILES string of the molecule is CS(=O)(=O)n1cccc1[C@H](N)CO. The second-order valence-corrected chi connectivity index (χ2v) is 4.64. The second kappa shape index (κ2) is 3.49. The van der Waals surface area contributed by atoms with Crippen LogP contribution in [0.5, 0.6) is 0 Å². The smallest absolute Gasteiger partial charge is 0.235 e. The zero-order chi connectivity index (χ0) is 10.1. The van der Waals surface area contributed by atoms with Crippen LogP contribution in [0.3, 0.4) is 0 Å². The number of hydrogen-bond donors (Lipinski definition) is 2. The molecule has 0 spiro atoms. The van der Waals surface area contributed by atoms with Crippen LogP contribution in [0.15, 0.2) is 18.3 Å². The first-order valence-corrected chi connectivity index (χ1v) is 5.56. The van der Waals surface area contributed by atoms with E-state index in [-0.39, 0.29) is 6.61 Å². The Labute approximate surface area is 76.8 Å². The second-order valence-electron chi connectivity index (χ2n) is 2.78. The first kappa shape index (κ1) is 10.2. The van der Waals surface area contributed by atoms with E-state index in [2.05, 4.69) is 0 Å². The molecule has 5 nitrogen and oxygen atoms in total. The first-order chi connectivity index (χ1) is 5.96. The fraction of sp³-hybridized carbons (Fsp3) is 0.429. The summed E-state index contributed by atoms with van der Waals surface area (Å²) in [5, 5.41) is 8.76. The number of hydrogen-bond acceptors (Lipinski definition) is 4. The van der Waals surface area contributed by atoms with Crippen molar-refractivity contribution in [1.82, 2.24) is 3.97 Å². The van der Waals surface area contributed by atoms with Gasteiger partial charge in [0.15, 0.2) is 0 Å². The van der Waals surface area contributed by atoms with Gasteiger partial charge in [-0.25, -0.2) is 12.4 Å². The molecule has 0 saturated carbocycles. The fourth-order valence-corrected chi connectivity index (χ4v) is 1.93. The van der Waals surface area contributed by atoms with Crippen molar-refractivity contribution in [1.29, 1.82) is 0 Å². The predicted molar refractivity (Wildman–Crippen MR) is 48.7 cm³/mol. The maximum absolute atomic E-state index is 11.2. The summed E-state index contributed by atoms with van der Waals surface area (Å²) in [5.41, 5.74) is 5.89. The van der Waals surface area contributed by atoms with Crippen molar-refractivity contribution in [2.75, 3.05) is 12.9 Å². The Morgan fingerprint density at radius 1 is 1.69 bits per heavy atom. The average molecular weight is 204 g/mol. The summed E-state index contributed by atoms with van der Waals surface area (Å²) >= 11 is 0. The maximum atomic E-state index is 11.2. The monoisotopic (exact) mass is 204 g/mol. The number of nitrogens with two attached hydrogens (primary N) is 1. The highest BCUT2D eigenvalue weighted by molar-refractivity contribution is 7.89. The minimum Gasteiger partial charge on any atom is -0.394 e. The van der Waals surface area contributed by atoms with Crippen molar-refractivity contribution in [2.45, 2.75) is 6.04 Å². The Hall–Kier alpha value is -0.850. The van der Waals surface area contributed by atoms with E-state index in [9.17, 15) is 8.42 Å². The molecule has 74 valence electrons. The molecule has 0 unspecified atom stereocenters. The quantitative estimate of drug-likeness (QED) is 0.681. The molecule has 0 saturated heterocycles. The molecule has 1 atom stereocenters. The lowest BCUT2D eigenvalue weighted by molar-refractivity contribution is 0.265. The van der Waals surface area contributed by atoms with Crippen LogP contribution < -0.4 is 5.73 Å². The van der Waals surface area contributed by atoms with Crippen molar-refractivity contribution in [3.8, 4) is 0 Å². The molecule has 0 aliphatic carbocycles. The molecule has 0 aliphatic heterocycles. The summed E-state index contributed by atoms with van der Waals surface area (Å²) in [6, 6.07) is 2.48. The molecule has 0 amide bonds. The van der Waals surface area contributed by atoms with Crippen LogP contribution in [-0.4, -0.2) is 30.4 Å². The summed E-state index contributed by atoms with van der Waals surface area (Å²) in [5.74, 6) is 0.